The summed E-state index contributed by atoms with van der Waals surface area (Å²) in [7, 11) is 0. The first-order chi connectivity index (χ1) is 38.2. The second kappa shape index (κ2) is 17.9. The number of para-hydroxylation sites is 2. The fraction of sp³-hybridized carbons (Fsp3) is 0.289. The maximum absolute atomic E-state index is 6.46. The molecule has 4 heterocycles. The van der Waals surface area contributed by atoms with E-state index in [1.807, 2.05) is 0 Å². The molecule has 2 aromatic heterocycles. The van der Waals surface area contributed by atoms with Crippen LogP contribution in [0.5, 0.6) is 0 Å². The van der Waals surface area contributed by atoms with Crippen LogP contribution in [0, 0.1) is 41.5 Å². The van der Waals surface area contributed by atoms with Gasteiger partial charge in [0.15, 0.2) is 0 Å². The third kappa shape index (κ3) is 8.14. The third-order valence-corrected chi connectivity index (χ3v) is 18.2. The molecule has 0 saturated heterocycles. The molecule has 0 bridgehead atoms. The summed E-state index contributed by atoms with van der Waals surface area (Å²) in [6.45, 7) is 42.1. The maximum atomic E-state index is 6.46. The van der Waals surface area contributed by atoms with Crippen molar-refractivity contribution in [2.24, 2.45) is 0 Å². The topological polar surface area (TPSA) is 24.6 Å². The van der Waals surface area contributed by atoms with Crippen molar-refractivity contribution in [2.45, 2.75) is 146 Å². The Morgan fingerprint density at radius 2 is 0.864 bits per heavy atom. The minimum Gasteiger partial charge on any atom is -0.456 e. The molecule has 4 nitrogen and oxygen atoms in total. The van der Waals surface area contributed by atoms with Crippen LogP contribution in [0.2, 0.25) is 0 Å². The molecule has 5 heteroatoms. The largest absolute Gasteiger partial charge is 0.456 e. The summed E-state index contributed by atoms with van der Waals surface area (Å²) in [5.41, 5.74) is 31.9. The highest BCUT2D eigenvalue weighted by Crippen LogP contribution is 2.52. The van der Waals surface area contributed by atoms with E-state index >= 15 is 0 Å². The fourth-order valence-corrected chi connectivity index (χ4v) is 14.0. The minimum atomic E-state index is -0.182. The smallest absolute Gasteiger partial charge is 0.252 e. The summed E-state index contributed by atoms with van der Waals surface area (Å²) in [5.74, 6) is 0. The van der Waals surface area contributed by atoms with Crippen molar-refractivity contribution in [3.05, 3.63) is 201 Å². The van der Waals surface area contributed by atoms with Gasteiger partial charge in [0.25, 0.3) is 6.71 Å². The van der Waals surface area contributed by atoms with Gasteiger partial charge in [-0.05, 0) is 207 Å². The van der Waals surface area contributed by atoms with Crippen LogP contribution in [0.4, 0.5) is 34.1 Å². The van der Waals surface area contributed by atoms with Crippen molar-refractivity contribution < 1.29 is 4.42 Å². The van der Waals surface area contributed by atoms with Crippen molar-refractivity contribution in [1.82, 2.24) is 4.57 Å². The SMILES string of the molecule is Cc1cc(-c2cccc3oc4ccccc4c23)cc(C)c1N1c2ccc(C(C)(C)C)cc2B2c3cc4c5cc(C(C)(C)C)ccc5n(-c5c(C)cccc5C)c4cc3N(c3c(C)cc(C(C)(C)C)cc3C)c3cc(C(C)(C)C)cc1c32. The zero-order valence-corrected chi connectivity index (χ0v) is 51.2. The lowest BCUT2D eigenvalue weighted by Crippen LogP contribution is -2.61. The number of aromatic nitrogens is 1. The lowest BCUT2D eigenvalue weighted by atomic mass is 9.33. The van der Waals surface area contributed by atoms with Crippen LogP contribution in [0.1, 0.15) is 139 Å². The van der Waals surface area contributed by atoms with Crippen LogP contribution in [0.25, 0.3) is 60.6 Å². The summed E-state index contributed by atoms with van der Waals surface area (Å²) in [6.07, 6.45) is 0. The highest BCUT2D eigenvalue weighted by molar-refractivity contribution is 7.00. The van der Waals surface area contributed by atoms with E-state index in [1.54, 1.807) is 0 Å². The zero-order chi connectivity index (χ0) is 57.3. The summed E-state index contributed by atoms with van der Waals surface area (Å²) in [6, 6.07) is 56.6. The van der Waals surface area contributed by atoms with Crippen molar-refractivity contribution in [1.29, 1.82) is 0 Å². The molecule has 2 aliphatic heterocycles. The Morgan fingerprint density at radius 3 is 1.48 bits per heavy atom. The van der Waals surface area contributed by atoms with E-state index < -0.39 is 0 Å². The molecule has 13 rings (SSSR count). The van der Waals surface area contributed by atoms with Crippen molar-refractivity contribution >= 4 is 101 Å². The summed E-state index contributed by atoms with van der Waals surface area (Å²) in [5, 5.41) is 4.87. The van der Waals surface area contributed by atoms with Gasteiger partial charge in [0.2, 0.25) is 0 Å². The molecule has 0 radical (unpaired) electrons. The number of nitrogens with zero attached hydrogens (tertiary/aromatic N) is 3. The van der Waals surface area contributed by atoms with E-state index in [9.17, 15) is 0 Å². The maximum Gasteiger partial charge on any atom is 0.252 e. The van der Waals surface area contributed by atoms with Gasteiger partial charge in [-0.1, -0.05) is 168 Å². The Kier molecular flexibility index (Phi) is 11.6. The first kappa shape index (κ1) is 52.6. The van der Waals surface area contributed by atoms with E-state index in [4.69, 9.17) is 4.42 Å². The lowest BCUT2D eigenvalue weighted by Gasteiger charge is -2.46. The van der Waals surface area contributed by atoms with Gasteiger partial charge in [0, 0.05) is 44.3 Å². The van der Waals surface area contributed by atoms with Gasteiger partial charge in [0.1, 0.15) is 11.2 Å². The molecule has 0 fully saturated rings. The summed E-state index contributed by atoms with van der Waals surface area (Å²) in [4.78, 5) is 5.38. The zero-order valence-electron chi connectivity index (χ0n) is 51.2. The molecule has 0 aliphatic carbocycles. The van der Waals surface area contributed by atoms with E-state index in [-0.39, 0.29) is 28.4 Å². The molecule has 9 aromatic carbocycles. The van der Waals surface area contributed by atoms with Crippen LogP contribution >= 0.6 is 0 Å². The fourth-order valence-electron chi connectivity index (χ4n) is 14.0. The number of fused-ring (bicyclic) bond motifs is 10. The molecule has 0 amide bonds. The van der Waals surface area contributed by atoms with Gasteiger partial charge < -0.3 is 18.8 Å². The molecular formula is C76H78BN3O. The van der Waals surface area contributed by atoms with Crippen LogP contribution < -0.4 is 26.2 Å². The van der Waals surface area contributed by atoms with Crippen LogP contribution in [0.3, 0.4) is 0 Å². The van der Waals surface area contributed by atoms with Crippen LogP contribution in [-0.4, -0.2) is 11.3 Å². The average molecular weight is 1060 g/mol. The summed E-state index contributed by atoms with van der Waals surface area (Å²) >= 11 is 0. The molecule has 11 aromatic rings. The predicted molar refractivity (Wildman–Crippen MR) is 351 cm³/mol. The van der Waals surface area contributed by atoms with Gasteiger partial charge in [-0.2, -0.15) is 0 Å². The molecule has 0 spiro atoms. The minimum absolute atomic E-state index is 0.0201. The van der Waals surface area contributed by atoms with E-state index in [2.05, 4.69) is 285 Å². The quantitative estimate of drug-likeness (QED) is 0.164. The monoisotopic (exact) mass is 1060 g/mol. The Bertz CT molecular complexity index is 4410. The molecule has 81 heavy (non-hydrogen) atoms. The Morgan fingerprint density at radius 1 is 0.358 bits per heavy atom. The van der Waals surface area contributed by atoms with Crippen LogP contribution in [0.15, 0.2) is 150 Å². The number of furan rings is 1. The second-order valence-corrected chi connectivity index (χ2v) is 28.2. The lowest BCUT2D eigenvalue weighted by molar-refractivity contribution is 0.589. The molecule has 0 saturated carbocycles. The van der Waals surface area contributed by atoms with Gasteiger partial charge in [-0.3, -0.25) is 0 Å². The van der Waals surface area contributed by atoms with E-state index in [0.29, 0.717) is 0 Å². The van der Waals surface area contributed by atoms with Gasteiger partial charge >= 0.3 is 0 Å². The molecule has 2 aliphatic rings. The van der Waals surface area contributed by atoms with Gasteiger partial charge in [-0.15, -0.1) is 0 Å². The van der Waals surface area contributed by atoms with Crippen molar-refractivity contribution in [2.75, 3.05) is 9.80 Å². The second-order valence-electron chi connectivity index (χ2n) is 28.2. The van der Waals surface area contributed by atoms with E-state index in [0.717, 1.165) is 21.9 Å². The van der Waals surface area contributed by atoms with Crippen LogP contribution in [-0.2, 0) is 21.7 Å². The third-order valence-electron chi connectivity index (χ3n) is 18.2. The number of hydrogen-bond acceptors (Lipinski definition) is 3. The number of benzene rings is 9. The molecule has 406 valence electrons. The standard InChI is InChI=1S/C76H78BN3O/c1-43-23-21-24-44(2)70(43)78-60-31-29-50(73(7,8)9)37-56(60)57-41-59-63(42-62(57)78)80(72-47(5)35-52(36-48(72)6)75(13,14)15)65-40-53(76(16,17)18)39-64-69(65)77(59)58-38-51(74(10,11)12)30-32-61(58)79(64)71-45(3)33-49(34-46(71)4)54-26-22-28-67-68(54)55-25-19-20-27-66(55)81-67/h19-42H,1-18H3. The van der Waals surface area contributed by atoms with Crippen molar-refractivity contribution in [3.8, 4) is 16.8 Å². The Labute approximate surface area is 481 Å². The highest BCUT2D eigenvalue weighted by atomic mass is 16.3. The van der Waals surface area contributed by atoms with Gasteiger partial charge in [0.05, 0.1) is 28.1 Å². The van der Waals surface area contributed by atoms with E-state index in [1.165, 1.54) is 145 Å². The normalized spacial score (nSPS) is 13.7. The Balaban J connectivity index is 1.17. The molecule has 0 atom stereocenters. The predicted octanol–water partition coefficient (Wildman–Crippen LogP) is 19.5. The number of hydrogen-bond donors (Lipinski definition) is 0. The number of rotatable bonds is 4. The first-order valence-electron chi connectivity index (χ1n) is 29.4. The van der Waals surface area contributed by atoms with Gasteiger partial charge in [-0.25, -0.2) is 0 Å². The number of anilines is 6. The molecule has 0 N–H and O–H groups in total. The average Bonchev–Trinajstić information content (AvgIpc) is 2.31. The highest BCUT2D eigenvalue weighted by Gasteiger charge is 2.46. The molecule has 0 unspecified atom stereocenters. The summed E-state index contributed by atoms with van der Waals surface area (Å²) < 4.78 is 9.05. The Hall–Kier alpha value is -7.76. The first-order valence-corrected chi connectivity index (χ1v) is 29.4. The van der Waals surface area contributed by atoms with Crippen molar-refractivity contribution in [3.63, 3.8) is 0 Å². The number of aryl methyl sites for hydroxylation is 6. The molecular weight excluding hydrogens is 982 g/mol.